The van der Waals surface area contributed by atoms with Crippen molar-refractivity contribution in [3.05, 3.63) is 29.8 Å². The van der Waals surface area contributed by atoms with Gasteiger partial charge in [-0.1, -0.05) is 17.3 Å². The summed E-state index contributed by atoms with van der Waals surface area (Å²) < 4.78 is 5.91. The Morgan fingerprint density at radius 2 is 1.94 bits per heavy atom. The van der Waals surface area contributed by atoms with E-state index in [1.807, 2.05) is 19.1 Å². The third-order valence-electron chi connectivity index (χ3n) is 3.47. The standard InChI is InChI=1S/C15H21NO2/c1-12(16-17)6-7-13-8-10-15(11-9-13)18-14-4-2-3-5-14/h8-11,14,17H,2-7H2,1H3/b16-12+. The van der Waals surface area contributed by atoms with Crippen LogP contribution in [0.25, 0.3) is 0 Å². The van der Waals surface area contributed by atoms with Gasteiger partial charge in [0.25, 0.3) is 0 Å². The molecule has 0 aromatic heterocycles. The summed E-state index contributed by atoms with van der Waals surface area (Å²) in [4.78, 5) is 0. The lowest BCUT2D eigenvalue weighted by Gasteiger charge is -2.13. The molecule has 0 aliphatic heterocycles. The van der Waals surface area contributed by atoms with E-state index < -0.39 is 0 Å². The predicted octanol–water partition coefficient (Wildman–Crippen LogP) is 3.79. The second-order valence-corrected chi connectivity index (χ2v) is 5.00. The Morgan fingerprint density at radius 1 is 1.28 bits per heavy atom. The van der Waals surface area contributed by atoms with E-state index in [1.165, 1.54) is 31.2 Å². The summed E-state index contributed by atoms with van der Waals surface area (Å²) in [5.74, 6) is 0.971. The Kier molecular flexibility index (Phi) is 4.62. The lowest BCUT2D eigenvalue weighted by Crippen LogP contribution is -2.10. The van der Waals surface area contributed by atoms with E-state index in [9.17, 15) is 0 Å². The largest absolute Gasteiger partial charge is 0.490 e. The molecular formula is C15H21NO2. The first-order valence-corrected chi connectivity index (χ1v) is 6.71. The fraction of sp³-hybridized carbons (Fsp3) is 0.533. The predicted molar refractivity (Wildman–Crippen MR) is 72.5 cm³/mol. The molecule has 18 heavy (non-hydrogen) atoms. The highest BCUT2D eigenvalue weighted by Gasteiger charge is 2.16. The van der Waals surface area contributed by atoms with E-state index >= 15 is 0 Å². The number of ether oxygens (including phenoxy) is 1. The van der Waals surface area contributed by atoms with Crippen molar-refractivity contribution in [1.82, 2.24) is 0 Å². The van der Waals surface area contributed by atoms with Crippen LogP contribution in [0.2, 0.25) is 0 Å². The van der Waals surface area contributed by atoms with Crippen LogP contribution in [0.15, 0.2) is 29.4 Å². The van der Waals surface area contributed by atoms with Gasteiger partial charge in [-0.2, -0.15) is 0 Å². The van der Waals surface area contributed by atoms with E-state index in [1.54, 1.807) is 0 Å². The van der Waals surface area contributed by atoms with Gasteiger partial charge in [0.05, 0.1) is 11.8 Å². The van der Waals surface area contributed by atoms with Crippen molar-refractivity contribution < 1.29 is 9.94 Å². The molecule has 0 bridgehead atoms. The maximum Gasteiger partial charge on any atom is 0.119 e. The third-order valence-corrected chi connectivity index (χ3v) is 3.47. The van der Waals surface area contributed by atoms with Crippen LogP contribution in [-0.4, -0.2) is 17.0 Å². The van der Waals surface area contributed by atoms with Gasteiger partial charge in [0.15, 0.2) is 0 Å². The molecule has 98 valence electrons. The SMILES string of the molecule is C/C(CCc1ccc(OC2CCCC2)cc1)=N\O. The molecule has 1 aliphatic rings. The fourth-order valence-electron chi connectivity index (χ4n) is 2.31. The van der Waals surface area contributed by atoms with Crippen LogP contribution < -0.4 is 4.74 Å². The fourth-order valence-corrected chi connectivity index (χ4v) is 2.31. The van der Waals surface area contributed by atoms with Crippen LogP contribution in [0.1, 0.15) is 44.6 Å². The second-order valence-electron chi connectivity index (χ2n) is 5.00. The molecule has 3 heteroatoms. The van der Waals surface area contributed by atoms with Gasteiger partial charge in [-0.3, -0.25) is 0 Å². The van der Waals surface area contributed by atoms with Crippen molar-refractivity contribution in [3.8, 4) is 5.75 Å². The van der Waals surface area contributed by atoms with Crippen LogP contribution in [0.3, 0.4) is 0 Å². The van der Waals surface area contributed by atoms with Crippen LogP contribution in [0.5, 0.6) is 5.75 Å². The smallest absolute Gasteiger partial charge is 0.119 e. The number of hydrogen-bond donors (Lipinski definition) is 1. The molecular weight excluding hydrogens is 226 g/mol. The van der Waals surface area contributed by atoms with Crippen molar-refractivity contribution in [2.45, 2.75) is 51.6 Å². The summed E-state index contributed by atoms with van der Waals surface area (Å²) in [6.45, 7) is 1.83. The normalized spacial score (nSPS) is 17.1. The highest BCUT2D eigenvalue weighted by molar-refractivity contribution is 5.81. The molecule has 2 rings (SSSR count). The molecule has 1 fully saturated rings. The summed E-state index contributed by atoms with van der Waals surface area (Å²) in [5.41, 5.74) is 2.01. The van der Waals surface area contributed by atoms with Gasteiger partial charge in [0.2, 0.25) is 0 Å². The summed E-state index contributed by atoms with van der Waals surface area (Å²) >= 11 is 0. The quantitative estimate of drug-likeness (QED) is 0.488. The maximum atomic E-state index is 8.58. The first kappa shape index (κ1) is 12.9. The second kappa shape index (κ2) is 6.43. The van der Waals surface area contributed by atoms with Crippen molar-refractivity contribution in [2.75, 3.05) is 0 Å². The number of nitrogens with zero attached hydrogens (tertiary/aromatic N) is 1. The maximum absolute atomic E-state index is 8.58. The summed E-state index contributed by atoms with van der Waals surface area (Å²) in [7, 11) is 0. The van der Waals surface area contributed by atoms with Crippen LogP contribution >= 0.6 is 0 Å². The van der Waals surface area contributed by atoms with Crippen molar-refractivity contribution in [3.63, 3.8) is 0 Å². The minimum Gasteiger partial charge on any atom is -0.490 e. The highest BCUT2D eigenvalue weighted by Crippen LogP contribution is 2.24. The molecule has 3 nitrogen and oxygen atoms in total. The van der Waals surface area contributed by atoms with Gasteiger partial charge in [0, 0.05) is 0 Å². The Labute approximate surface area is 108 Å². The van der Waals surface area contributed by atoms with E-state index in [0.717, 1.165) is 24.3 Å². The monoisotopic (exact) mass is 247 g/mol. The topological polar surface area (TPSA) is 41.8 Å². The summed E-state index contributed by atoms with van der Waals surface area (Å²) in [6, 6.07) is 8.27. The minimum absolute atomic E-state index is 0.416. The zero-order valence-electron chi connectivity index (χ0n) is 10.9. The lowest BCUT2D eigenvalue weighted by atomic mass is 10.1. The lowest BCUT2D eigenvalue weighted by molar-refractivity contribution is 0.210. The van der Waals surface area contributed by atoms with Gasteiger partial charge < -0.3 is 9.94 Å². The van der Waals surface area contributed by atoms with Crippen molar-refractivity contribution >= 4 is 5.71 Å². The molecule has 0 amide bonds. The molecule has 0 saturated heterocycles. The van der Waals surface area contributed by atoms with Gasteiger partial charge in [-0.25, -0.2) is 0 Å². The molecule has 0 spiro atoms. The Hall–Kier alpha value is -1.51. The zero-order valence-corrected chi connectivity index (χ0v) is 10.9. The van der Waals surface area contributed by atoms with E-state index in [2.05, 4.69) is 17.3 Å². The first-order valence-electron chi connectivity index (χ1n) is 6.71. The molecule has 0 radical (unpaired) electrons. The number of hydrogen-bond acceptors (Lipinski definition) is 3. The first-order chi connectivity index (χ1) is 8.78. The Bertz CT molecular complexity index is 391. The Balaban J connectivity index is 1.84. The molecule has 0 heterocycles. The number of aryl methyl sites for hydroxylation is 1. The van der Waals surface area contributed by atoms with Crippen LogP contribution in [0, 0.1) is 0 Å². The average Bonchev–Trinajstić information content (AvgIpc) is 2.90. The van der Waals surface area contributed by atoms with E-state index in [-0.39, 0.29) is 0 Å². The van der Waals surface area contributed by atoms with Gasteiger partial charge in [0.1, 0.15) is 5.75 Å². The third kappa shape index (κ3) is 3.76. The number of benzene rings is 1. The number of oxime groups is 1. The van der Waals surface area contributed by atoms with E-state index in [0.29, 0.717) is 6.10 Å². The molecule has 0 atom stereocenters. The zero-order chi connectivity index (χ0) is 12.8. The summed E-state index contributed by atoms with van der Waals surface area (Å²) in [5, 5.41) is 11.8. The van der Waals surface area contributed by atoms with Gasteiger partial charge >= 0.3 is 0 Å². The van der Waals surface area contributed by atoms with Crippen LogP contribution in [-0.2, 0) is 6.42 Å². The Morgan fingerprint density at radius 3 is 2.56 bits per heavy atom. The minimum atomic E-state index is 0.416. The van der Waals surface area contributed by atoms with Crippen molar-refractivity contribution in [1.29, 1.82) is 0 Å². The highest BCUT2D eigenvalue weighted by atomic mass is 16.5. The van der Waals surface area contributed by atoms with Gasteiger partial charge in [-0.05, 0) is 63.1 Å². The average molecular weight is 247 g/mol. The van der Waals surface area contributed by atoms with Crippen LogP contribution in [0.4, 0.5) is 0 Å². The van der Waals surface area contributed by atoms with E-state index in [4.69, 9.17) is 9.94 Å². The van der Waals surface area contributed by atoms with Gasteiger partial charge in [-0.15, -0.1) is 0 Å². The molecule has 1 aromatic rings. The molecule has 0 unspecified atom stereocenters. The molecule has 1 N–H and O–H groups in total. The van der Waals surface area contributed by atoms with Crippen molar-refractivity contribution in [2.24, 2.45) is 5.16 Å². The molecule has 1 saturated carbocycles. The molecule has 1 aromatic carbocycles. The summed E-state index contributed by atoms with van der Waals surface area (Å²) in [6.07, 6.45) is 7.07. The molecule has 1 aliphatic carbocycles. The number of rotatable bonds is 5.